The second-order valence-corrected chi connectivity index (χ2v) is 6.60. The highest BCUT2D eigenvalue weighted by molar-refractivity contribution is 7.13. The molecule has 0 atom stereocenters. The Morgan fingerprint density at radius 2 is 2.12 bits per heavy atom. The van der Waals surface area contributed by atoms with Gasteiger partial charge in [0.15, 0.2) is 11.5 Å². The number of rotatable bonds is 5. The molecule has 3 aromatic rings. The average molecular weight is 364 g/mol. The summed E-state index contributed by atoms with van der Waals surface area (Å²) >= 11 is 1.63. The molecule has 1 amide bonds. The first kappa shape index (κ1) is 16.4. The molecular weight excluding hydrogens is 348 g/mol. The van der Waals surface area contributed by atoms with E-state index in [0.717, 1.165) is 27.4 Å². The number of hydrogen-bond donors (Lipinski definition) is 1. The molecule has 0 saturated heterocycles. The number of aromatic nitrogens is 1. The van der Waals surface area contributed by atoms with Gasteiger partial charge in [0.25, 0.3) is 0 Å². The van der Waals surface area contributed by atoms with Crippen LogP contribution in [-0.2, 0) is 11.3 Å². The maximum Gasteiger partial charge on any atom is 0.244 e. The number of fused-ring (bicyclic) bond motifs is 1. The molecular formula is C20H16N2O3S. The van der Waals surface area contributed by atoms with Crippen molar-refractivity contribution in [3.05, 3.63) is 71.2 Å². The summed E-state index contributed by atoms with van der Waals surface area (Å²) in [5.74, 6) is 1.26. The third-order valence-corrected chi connectivity index (χ3v) is 4.80. The molecule has 0 bridgehead atoms. The third kappa shape index (κ3) is 3.60. The van der Waals surface area contributed by atoms with Crippen LogP contribution in [-0.4, -0.2) is 17.7 Å². The fourth-order valence-electron chi connectivity index (χ4n) is 2.65. The fourth-order valence-corrected chi connectivity index (χ4v) is 3.40. The van der Waals surface area contributed by atoms with Crippen molar-refractivity contribution >= 4 is 23.3 Å². The molecule has 0 saturated carbocycles. The van der Waals surface area contributed by atoms with Crippen LogP contribution in [0, 0.1) is 0 Å². The summed E-state index contributed by atoms with van der Waals surface area (Å²) in [6.45, 7) is 0.659. The van der Waals surface area contributed by atoms with Crippen LogP contribution in [0.4, 0.5) is 0 Å². The molecule has 4 rings (SSSR count). The van der Waals surface area contributed by atoms with Crippen molar-refractivity contribution < 1.29 is 14.3 Å². The number of ether oxygens (including phenoxy) is 2. The van der Waals surface area contributed by atoms with Gasteiger partial charge in [0, 0.05) is 18.8 Å². The molecule has 1 aliphatic rings. The van der Waals surface area contributed by atoms with E-state index in [9.17, 15) is 4.79 Å². The van der Waals surface area contributed by atoms with Gasteiger partial charge in [0.05, 0.1) is 10.6 Å². The number of pyridine rings is 1. The summed E-state index contributed by atoms with van der Waals surface area (Å²) in [6, 6.07) is 13.4. The summed E-state index contributed by atoms with van der Waals surface area (Å²) in [7, 11) is 0. The van der Waals surface area contributed by atoms with E-state index in [1.54, 1.807) is 23.6 Å². The minimum absolute atomic E-state index is 0.163. The Kier molecular flexibility index (Phi) is 4.66. The second-order valence-electron chi connectivity index (χ2n) is 5.65. The predicted molar refractivity (Wildman–Crippen MR) is 101 cm³/mol. The van der Waals surface area contributed by atoms with Crippen LogP contribution >= 0.6 is 11.3 Å². The van der Waals surface area contributed by atoms with Crippen LogP contribution < -0.4 is 14.8 Å². The van der Waals surface area contributed by atoms with Crippen LogP contribution in [0.5, 0.6) is 11.5 Å². The second kappa shape index (κ2) is 7.41. The van der Waals surface area contributed by atoms with Crippen molar-refractivity contribution in [1.82, 2.24) is 10.3 Å². The number of carbonyl (C=O) groups is 1. The highest BCUT2D eigenvalue weighted by Crippen LogP contribution is 2.32. The molecule has 0 aliphatic carbocycles. The molecule has 26 heavy (non-hydrogen) atoms. The van der Waals surface area contributed by atoms with Crippen LogP contribution in [0.15, 0.2) is 60.1 Å². The van der Waals surface area contributed by atoms with Crippen molar-refractivity contribution in [2.24, 2.45) is 0 Å². The highest BCUT2D eigenvalue weighted by Gasteiger charge is 2.12. The van der Waals surface area contributed by atoms with Gasteiger partial charge in [-0.25, -0.2) is 0 Å². The Morgan fingerprint density at radius 3 is 3.00 bits per heavy atom. The van der Waals surface area contributed by atoms with E-state index in [0.29, 0.717) is 12.3 Å². The zero-order valence-corrected chi connectivity index (χ0v) is 14.7. The Hall–Kier alpha value is -3.12. The van der Waals surface area contributed by atoms with Gasteiger partial charge in [-0.05, 0) is 46.8 Å². The first-order valence-electron chi connectivity index (χ1n) is 8.13. The van der Waals surface area contributed by atoms with Crippen LogP contribution in [0.3, 0.4) is 0 Å². The topological polar surface area (TPSA) is 60.5 Å². The maximum absolute atomic E-state index is 12.1. The lowest BCUT2D eigenvalue weighted by Gasteiger charge is -2.07. The van der Waals surface area contributed by atoms with E-state index >= 15 is 0 Å². The minimum atomic E-state index is -0.163. The molecule has 6 heteroatoms. The van der Waals surface area contributed by atoms with E-state index in [1.807, 2.05) is 47.8 Å². The third-order valence-electron chi connectivity index (χ3n) is 3.92. The van der Waals surface area contributed by atoms with Crippen LogP contribution in [0.1, 0.15) is 11.1 Å². The van der Waals surface area contributed by atoms with E-state index in [2.05, 4.69) is 10.3 Å². The Bertz CT molecular complexity index is 951. The average Bonchev–Trinajstić information content (AvgIpc) is 3.36. The lowest BCUT2D eigenvalue weighted by Crippen LogP contribution is -2.20. The summed E-state index contributed by atoms with van der Waals surface area (Å²) < 4.78 is 10.6. The van der Waals surface area contributed by atoms with Crippen molar-refractivity contribution in [2.75, 3.05) is 6.79 Å². The quantitative estimate of drug-likeness (QED) is 0.698. The smallest absolute Gasteiger partial charge is 0.244 e. The Labute approximate surface area is 154 Å². The van der Waals surface area contributed by atoms with Crippen molar-refractivity contribution in [2.45, 2.75) is 6.54 Å². The molecule has 2 aromatic heterocycles. The number of carbonyl (C=O) groups excluding carboxylic acids is 1. The molecule has 0 spiro atoms. The predicted octanol–water partition coefficient (Wildman–Crippen LogP) is 3.87. The number of benzene rings is 1. The van der Waals surface area contributed by atoms with Gasteiger partial charge >= 0.3 is 0 Å². The first-order chi connectivity index (χ1) is 12.8. The number of amides is 1. The molecule has 0 fully saturated rings. The van der Waals surface area contributed by atoms with Crippen LogP contribution in [0.25, 0.3) is 16.6 Å². The van der Waals surface area contributed by atoms with Gasteiger partial charge in [0.1, 0.15) is 0 Å². The lowest BCUT2D eigenvalue weighted by molar-refractivity contribution is -0.116. The van der Waals surface area contributed by atoms with Gasteiger partial charge in [-0.15, -0.1) is 11.3 Å². The van der Waals surface area contributed by atoms with Crippen molar-refractivity contribution in [3.63, 3.8) is 0 Å². The van der Waals surface area contributed by atoms with Gasteiger partial charge in [-0.2, -0.15) is 0 Å². The van der Waals surface area contributed by atoms with Gasteiger partial charge in [0.2, 0.25) is 12.7 Å². The number of nitrogens with one attached hydrogen (secondary N) is 1. The lowest BCUT2D eigenvalue weighted by atomic mass is 10.1. The SMILES string of the molecule is O=C(/C=C/c1ccc2c(c1)OCO2)NCc1cccnc1-c1cccs1. The zero-order chi connectivity index (χ0) is 17.8. The standard InChI is InChI=1S/C20H16N2O3S/c23-19(8-6-14-5-7-16-17(11-14)25-13-24-16)22-12-15-3-1-9-21-20(15)18-4-2-10-26-18/h1-11H,12-13H2,(H,22,23)/b8-6+. The molecule has 130 valence electrons. The van der Waals surface area contributed by atoms with Gasteiger partial charge in [-0.3, -0.25) is 9.78 Å². The molecule has 1 N–H and O–H groups in total. The Morgan fingerprint density at radius 1 is 1.19 bits per heavy atom. The maximum atomic E-state index is 12.1. The summed E-state index contributed by atoms with van der Waals surface area (Å²) in [6.07, 6.45) is 5.03. The monoisotopic (exact) mass is 364 g/mol. The van der Waals surface area contributed by atoms with Crippen LogP contribution in [0.2, 0.25) is 0 Å². The summed E-state index contributed by atoms with van der Waals surface area (Å²) in [5.41, 5.74) is 2.77. The van der Waals surface area contributed by atoms with E-state index < -0.39 is 0 Å². The van der Waals surface area contributed by atoms with Crippen molar-refractivity contribution in [3.8, 4) is 22.1 Å². The van der Waals surface area contributed by atoms with E-state index in [1.165, 1.54) is 6.08 Å². The van der Waals surface area contributed by atoms with Gasteiger partial charge in [-0.1, -0.05) is 18.2 Å². The van der Waals surface area contributed by atoms with Gasteiger partial charge < -0.3 is 14.8 Å². The molecule has 5 nitrogen and oxygen atoms in total. The minimum Gasteiger partial charge on any atom is -0.454 e. The fraction of sp³-hybridized carbons (Fsp3) is 0.100. The molecule has 1 aromatic carbocycles. The number of nitrogens with zero attached hydrogens (tertiary/aromatic N) is 1. The Balaban J connectivity index is 1.40. The molecule has 3 heterocycles. The van der Waals surface area contributed by atoms with E-state index in [-0.39, 0.29) is 12.7 Å². The largest absolute Gasteiger partial charge is 0.454 e. The van der Waals surface area contributed by atoms with Crippen molar-refractivity contribution in [1.29, 1.82) is 0 Å². The number of thiophene rings is 1. The molecule has 1 aliphatic heterocycles. The zero-order valence-electron chi connectivity index (χ0n) is 13.8. The summed E-state index contributed by atoms with van der Waals surface area (Å²) in [4.78, 5) is 17.7. The highest BCUT2D eigenvalue weighted by atomic mass is 32.1. The summed E-state index contributed by atoms with van der Waals surface area (Å²) in [5, 5.41) is 4.92. The normalized spacial score (nSPS) is 12.5. The molecule has 0 unspecified atom stereocenters. The number of hydrogen-bond acceptors (Lipinski definition) is 5. The first-order valence-corrected chi connectivity index (χ1v) is 9.01. The van der Waals surface area contributed by atoms with E-state index in [4.69, 9.17) is 9.47 Å². The molecule has 0 radical (unpaired) electrons.